The van der Waals surface area contributed by atoms with Crippen molar-refractivity contribution in [1.82, 2.24) is 0 Å². The molecular formula is C14H13NO2. The molecule has 0 heterocycles. The van der Waals surface area contributed by atoms with Crippen LogP contribution in [0.5, 0.6) is 0 Å². The largest absolute Gasteiger partial charge is 0.497 e. The van der Waals surface area contributed by atoms with Crippen molar-refractivity contribution in [3.05, 3.63) is 59.9 Å². The maximum absolute atomic E-state index is 11.8. The minimum Gasteiger partial charge on any atom is -0.497 e. The van der Waals surface area contributed by atoms with E-state index in [9.17, 15) is 4.79 Å². The van der Waals surface area contributed by atoms with Gasteiger partial charge in [-0.25, -0.2) is 4.99 Å². The Morgan fingerprint density at radius 1 is 1.24 bits per heavy atom. The van der Waals surface area contributed by atoms with Crippen molar-refractivity contribution in [3.8, 4) is 0 Å². The number of methoxy groups -OCH3 is 1. The molecule has 2 rings (SSSR count). The normalized spacial score (nSPS) is 16.8. The first kappa shape index (κ1) is 11.3. The third-order valence-corrected chi connectivity index (χ3v) is 2.45. The molecule has 0 bridgehead atoms. The van der Waals surface area contributed by atoms with Crippen LogP contribution in [0.2, 0.25) is 0 Å². The highest BCUT2D eigenvalue weighted by atomic mass is 16.5. The number of aliphatic imine (C=N–C) groups is 1. The smallest absolute Gasteiger partial charge is 0.277 e. The Hall–Kier alpha value is -2.16. The summed E-state index contributed by atoms with van der Waals surface area (Å²) >= 11 is 0. The highest BCUT2D eigenvalue weighted by Crippen LogP contribution is 2.10. The Morgan fingerprint density at radius 2 is 2.00 bits per heavy atom. The number of carbonyl (C=O) groups is 1. The van der Waals surface area contributed by atoms with Gasteiger partial charge in [0.25, 0.3) is 5.91 Å². The molecule has 3 heteroatoms. The lowest BCUT2D eigenvalue weighted by Gasteiger charge is -2.06. The minimum atomic E-state index is -0.209. The number of allylic oxidation sites excluding steroid dienone is 3. The molecule has 0 fully saturated rings. The van der Waals surface area contributed by atoms with Gasteiger partial charge >= 0.3 is 0 Å². The Kier molecular flexibility index (Phi) is 3.50. The van der Waals surface area contributed by atoms with E-state index in [1.54, 1.807) is 31.4 Å². The maximum atomic E-state index is 11.8. The van der Waals surface area contributed by atoms with Crippen LogP contribution < -0.4 is 0 Å². The monoisotopic (exact) mass is 227 g/mol. The van der Waals surface area contributed by atoms with Gasteiger partial charge in [0.15, 0.2) is 0 Å². The Labute approximate surface area is 100 Å². The van der Waals surface area contributed by atoms with E-state index in [0.717, 1.165) is 11.5 Å². The molecule has 1 amide bonds. The topological polar surface area (TPSA) is 38.7 Å². The van der Waals surface area contributed by atoms with Crippen molar-refractivity contribution in [1.29, 1.82) is 0 Å². The second kappa shape index (κ2) is 5.25. The van der Waals surface area contributed by atoms with E-state index in [2.05, 4.69) is 4.99 Å². The standard InChI is InChI=1S/C14H13NO2/c1-17-13-9-7-12(8-10-13)15-14(16)11-5-3-2-4-6-11/h2-7,9-10H,8H2,1H3. The first-order valence-corrected chi connectivity index (χ1v) is 5.39. The maximum Gasteiger partial charge on any atom is 0.277 e. The van der Waals surface area contributed by atoms with E-state index >= 15 is 0 Å². The summed E-state index contributed by atoms with van der Waals surface area (Å²) in [5.41, 5.74) is 1.36. The number of carbonyl (C=O) groups excluding carboxylic acids is 1. The first-order chi connectivity index (χ1) is 8.29. The van der Waals surface area contributed by atoms with Crippen molar-refractivity contribution in [2.24, 2.45) is 4.99 Å². The number of rotatable bonds is 2. The predicted molar refractivity (Wildman–Crippen MR) is 67.1 cm³/mol. The molecule has 1 aliphatic rings. The van der Waals surface area contributed by atoms with E-state index in [1.165, 1.54) is 0 Å². The molecule has 0 aliphatic heterocycles. The van der Waals surface area contributed by atoms with Crippen molar-refractivity contribution in [2.75, 3.05) is 7.11 Å². The number of ether oxygens (including phenoxy) is 1. The number of hydrogen-bond donors (Lipinski definition) is 0. The zero-order chi connectivity index (χ0) is 12.1. The summed E-state index contributed by atoms with van der Waals surface area (Å²) in [6.07, 6.45) is 6.13. The molecule has 1 aromatic carbocycles. The van der Waals surface area contributed by atoms with Gasteiger partial charge in [0.05, 0.1) is 7.11 Å². The number of nitrogens with zero attached hydrogens (tertiary/aromatic N) is 1. The van der Waals surface area contributed by atoms with E-state index in [-0.39, 0.29) is 5.91 Å². The Bertz CT molecular complexity index is 498. The fourth-order valence-corrected chi connectivity index (χ4v) is 1.53. The summed E-state index contributed by atoms with van der Waals surface area (Å²) in [7, 11) is 1.62. The predicted octanol–water partition coefficient (Wildman–Crippen LogP) is 2.76. The molecule has 0 saturated carbocycles. The number of benzene rings is 1. The van der Waals surface area contributed by atoms with Crippen molar-refractivity contribution in [3.63, 3.8) is 0 Å². The molecule has 0 unspecified atom stereocenters. The van der Waals surface area contributed by atoms with Gasteiger partial charge in [-0.05, 0) is 30.4 Å². The Balaban J connectivity index is 2.10. The van der Waals surface area contributed by atoms with E-state index in [4.69, 9.17) is 4.74 Å². The van der Waals surface area contributed by atoms with Crippen LogP contribution in [-0.4, -0.2) is 18.7 Å². The van der Waals surface area contributed by atoms with Crippen LogP contribution in [0, 0.1) is 0 Å². The summed E-state index contributed by atoms with van der Waals surface area (Å²) < 4.78 is 5.06. The van der Waals surface area contributed by atoms with Gasteiger partial charge in [-0.2, -0.15) is 0 Å². The van der Waals surface area contributed by atoms with Gasteiger partial charge in [0.2, 0.25) is 0 Å². The fourth-order valence-electron chi connectivity index (χ4n) is 1.53. The quantitative estimate of drug-likeness (QED) is 0.779. The van der Waals surface area contributed by atoms with Gasteiger partial charge in [-0.15, -0.1) is 0 Å². The summed E-state index contributed by atoms with van der Waals surface area (Å²) in [5.74, 6) is 0.593. The van der Waals surface area contributed by atoms with E-state index in [0.29, 0.717) is 12.0 Å². The summed E-state index contributed by atoms with van der Waals surface area (Å²) in [4.78, 5) is 15.9. The second-order valence-electron chi connectivity index (χ2n) is 3.62. The SMILES string of the molecule is COC1=CCC(=NC(=O)c2ccccc2)C=C1. The molecule has 3 nitrogen and oxygen atoms in total. The first-order valence-electron chi connectivity index (χ1n) is 5.39. The van der Waals surface area contributed by atoms with Crippen molar-refractivity contribution < 1.29 is 9.53 Å². The average Bonchev–Trinajstić information content (AvgIpc) is 2.40. The number of hydrogen-bond acceptors (Lipinski definition) is 2. The van der Waals surface area contributed by atoms with Crippen LogP contribution in [0.25, 0.3) is 0 Å². The lowest BCUT2D eigenvalue weighted by molar-refractivity contribution is 0.100. The van der Waals surface area contributed by atoms with E-state index in [1.807, 2.05) is 24.3 Å². The molecule has 1 aliphatic carbocycles. The van der Waals surface area contributed by atoms with Gasteiger partial charge in [-0.1, -0.05) is 18.2 Å². The van der Waals surface area contributed by atoms with Gasteiger partial charge in [-0.3, -0.25) is 4.79 Å². The third kappa shape index (κ3) is 2.91. The van der Waals surface area contributed by atoms with Gasteiger partial charge in [0.1, 0.15) is 5.76 Å². The third-order valence-electron chi connectivity index (χ3n) is 2.45. The van der Waals surface area contributed by atoms with Crippen LogP contribution in [-0.2, 0) is 4.74 Å². The van der Waals surface area contributed by atoms with Crippen LogP contribution in [0.1, 0.15) is 16.8 Å². The van der Waals surface area contributed by atoms with E-state index < -0.39 is 0 Å². The van der Waals surface area contributed by atoms with Crippen LogP contribution in [0.3, 0.4) is 0 Å². The molecule has 0 aromatic heterocycles. The van der Waals surface area contributed by atoms with Gasteiger partial charge in [0, 0.05) is 17.7 Å². The second-order valence-corrected chi connectivity index (χ2v) is 3.62. The molecule has 0 N–H and O–H groups in total. The molecule has 17 heavy (non-hydrogen) atoms. The average molecular weight is 227 g/mol. The summed E-state index contributed by atoms with van der Waals surface area (Å²) in [6, 6.07) is 9.04. The fraction of sp³-hybridized carbons (Fsp3) is 0.143. The molecule has 0 radical (unpaired) electrons. The summed E-state index contributed by atoms with van der Waals surface area (Å²) in [6.45, 7) is 0. The van der Waals surface area contributed by atoms with Gasteiger partial charge < -0.3 is 4.74 Å². The number of amides is 1. The molecule has 1 aromatic rings. The highest BCUT2D eigenvalue weighted by molar-refractivity contribution is 6.08. The molecule has 0 atom stereocenters. The zero-order valence-corrected chi connectivity index (χ0v) is 9.59. The van der Waals surface area contributed by atoms with Crippen LogP contribution in [0.4, 0.5) is 0 Å². The summed E-state index contributed by atoms with van der Waals surface area (Å²) in [5, 5.41) is 0. The molecule has 0 saturated heterocycles. The minimum absolute atomic E-state index is 0.209. The molecular weight excluding hydrogens is 214 g/mol. The van der Waals surface area contributed by atoms with Crippen molar-refractivity contribution >= 4 is 11.6 Å². The lowest BCUT2D eigenvalue weighted by Crippen LogP contribution is -2.04. The van der Waals surface area contributed by atoms with Crippen LogP contribution in [0.15, 0.2) is 59.3 Å². The van der Waals surface area contributed by atoms with Crippen LogP contribution >= 0.6 is 0 Å². The highest BCUT2D eigenvalue weighted by Gasteiger charge is 2.06. The zero-order valence-electron chi connectivity index (χ0n) is 9.59. The molecule has 86 valence electrons. The Morgan fingerprint density at radius 3 is 2.59 bits per heavy atom. The lowest BCUT2D eigenvalue weighted by atomic mass is 10.1. The molecule has 0 spiro atoms. The van der Waals surface area contributed by atoms with Crippen molar-refractivity contribution in [2.45, 2.75) is 6.42 Å².